The summed E-state index contributed by atoms with van der Waals surface area (Å²) in [6, 6.07) is 2.10. The summed E-state index contributed by atoms with van der Waals surface area (Å²) >= 11 is 3.45. The number of pyridine rings is 1. The van der Waals surface area contributed by atoms with Crippen molar-refractivity contribution < 1.29 is 4.43 Å². The zero-order chi connectivity index (χ0) is 13.2. The summed E-state index contributed by atoms with van der Waals surface area (Å²) in [5.74, 6) is 0. The molecule has 0 spiro atoms. The molecule has 0 aliphatic heterocycles. The molecule has 0 fully saturated rings. The van der Waals surface area contributed by atoms with E-state index < -0.39 is 9.04 Å². The van der Waals surface area contributed by atoms with E-state index in [-0.39, 0.29) is 11.5 Å². The molecule has 1 rings (SSSR count). The fourth-order valence-electron chi connectivity index (χ4n) is 1.70. The Morgan fingerprint density at radius 2 is 1.94 bits per heavy atom. The van der Waals surface area contributed by atoms with Crippen molar-refractivity contribution in [3.63, 3.8) is 0 Å². The van der Waals surface area contributed by atoms with E-state index in [0.29, 0.717) is 0 Å². The molecule has 0 aliphatic carbocycles. The summed E-state index contributed by atoms with van der Waals surface area (Å²) in [4.78, 5) is 4.54. The van der Waals surface area contributed by atoms with Crippen LogP contribution in [0.2, 0.25) is 13.1 Å². The number of halogens is 1. The number of aromatic nitrogens is 1. The van der Waals surface area contributed by atoms with Gasteiger partial charge in [-0.1, -0.05) is 20.8 Å². The molecule has 0 amide bonds. The normalized spacial score (nSPS) is 14.1. The van der Waals surface area contributed by atoms with Crippen LogP contribution in [0.3, 0.4) is 0 Å². The molecule has 1 aromatic heterocycles. The highest BCUT2D eigenvalue weighted by atomic mass is 79.9. The smallest absolute Gasteiger partial charge is 0.205 e. The van der Waals surface area contributed by atoms with Gasteiger partial charge in [0.05, 0.1) is 11.8 Å². The number of nitrogens with zero attached hydrogens (tertiary/aromatic N) is 1. The van der Waals surface area contributed by atoms with Gasteiger partial charge in [0.25, 0.3) is 0 Å². The first-order valence-corrected chi connectivity index (χ1v) is 9.01. The third kappa shape index (κ3) is 4.19. The van der Waals surface area contributed by atoms with Gasteiger partial charge in [0.1, 0.15) is 0 Å². The van der Waals surface area contributed by atoms with Gasteiger partial charge in [0, 0.05) is 10.7 Å². The van der Waals surface area contributed by atoms with Crippen molar-refractivity contribution in [1.29, 1.82) is 0 Å². The van der Waals surface area contributed by atoms with Gasteiger partial charge >= 0.3 is 0 Å². The first-order chi connectivity index (χ1) is 7.71. The molecule has 0 saturated carbocycles. The second-order valence-corrected chi connectivity index (χ2v) is 8.60. The minimum Gasteiger partial charge on any atom is -0.408 e. The van der Waals surface area contributed by atoms with Crippen molar-refractivity contribution in [3.05, 3.63) is 28.0 Å². The van der Waals surface area contributed by atoms with Crippen LogP contribution < -0.4 is 0 Å². The minimum atomic E-state index is -0.741. The Labute approximate surface area is 115 Å². The van der Waals surface area contributed by atoms with Gasteiger partial charge in [-0.15, -0.1) is 0 Å². The van der Waals surface area contributed by atoms with Crippen LogP contribution in [0.4, 0.5) is 0 Å². The second kappa shape index (κ2) is 5.63. The Morgan fingerprint density at radius 1 is 1.35 bits per heavy atom. The molecule has 0 aromatic carbocycles. The first kappa shape index (κ1) is 14.9. The SMILES string of the molecule is Cc1cc(Br)cnc1C(O[Si](C)C)C(C)(C)C. The van der Waals surface area contributed by atoms with Crippen LogP contribution in [0, 0.1) is 12.3 Å². The van der Waals surface area contributed by atoms with Crippen molar-refractivity contribution in [2.75, 3.05) is 0 Å². The van der Waals surface area contributed by atoms with Crippen LogP contribution in [-0.2, 0) is 4.43 Å². The van der Waals surface area contributed by atoms with Crippen LogP contribution in [0.25, 0.3) is 0 Å². The Hall–Kier alpha value is -0.193. The molecule has 17 heavy (non-hydrogen) atoms. The van der Waals surface area contributed by atoms with Crippen molar-refractivity contribution >= 4 is 25.0 Å². The maximum absolute atomic E-state index is 6.15. The van der Waals surface area contributed by atoms with Crippen LogP contribution in [0.1, 0.15) is 38.1 Å². The minimum absolute atomic E-state index is 0.0630. The molecule has 1 radical (unpaired) electrons. The maximum Gasteiger partial charge on any atom is 0.205 e. The first-order valence-electron chi connectivity index (χ1n) is 5.80. The average Bonchev–Trinajstić information content (AvgIpc) is 2.13. The lowest BCUT2D eigenvalue weighted by atomic mass is 9.86. The Kier molecular flexibility index (Phi) is 4.92. The highest BCUT2D eigenvalue weighted by molar-refractivity contribution is 9.10. The van der Waals surface area contributed by atoms with Crippen LogP contribution in [0.15, 0.2) is 16.7 Å². The Balaban J connectivity index is 3.13. The molecule has 0 saturated heterocycles. The van der Waals surface area contributed by atoms with Gasteiger partial charge < -0.3 is 4.43 Å². The lowest BCUT2D eigenvalue weighted by Gasteiger charge is -2.32. The number of rotatable bonds is 3. The van der Waals surface area contributed by atoms with E-state index in [4.69, 9.17) is 4.43 Å². The standard InChI is InChI=1S/C13H21BrNOSi/c1-9-7-10(14)8-15-11(9)12(13(2,3)4)16-17(5)6/h7-8,12H,1-6H3. The molecule has 1 aromatic rings. The van der Waals surface area contributed by atoms with Gasteiger partial charge in [0.2, 0.25) is 9.04 Å². The van der Waals surface area contributed by atoms with Gasteiger partial charge in [-0.3, -0.25) is 4.98 Å². The van der Waals surface area contributed by atoms with E-state index in [1.807, 2.05) is 6.20 Å². The third-order valence-electron chi connectivity index (χ3n) is 2.47. The van der Waals surface area contributed by atoms with E-state index in [1.54, 1.807) is 0 Å². The van der Waals surface area contributed by atoms with Gasteiger partial charge in [-0.25, -0.2) is 0 Å². The largest absolute Gasteiger partial charge is 0.408 e. The summed E-state index contributed by atoms with van der Waals surface area (Å²) in [6.07, 6.45) is 1.92. The van der Waals surface area contributed by atoms with E-state index in [1.165, 1.54) is 5.56 Å². The fraction of sp³-hybridized carbons (Fsp3) is 0.615. The van der Waals surface area contributed by atoms with E-state index in [2.05, 4.69) is 67.8 Å². The predicted octanol–water partition coefficient (Wildman–Crippen LogP) is 4.51. The van der Waals surface area contributed by atoms with Gasteiger partial charge in [-0.2, -0.15) is 0 Å². The number of hydrogen-bond donors (Lipinski definition) is 0. The van der Waals surface area contributed by atoms with E-state index in [9.17, 15) is 0 Å². The predicted molar refractivity (Wildman–Crippen MR) is 77.4 cm³/mol. The fourth-order valence-corrected chi connectivity index (χ4v) is 3.09. The number of aryl methyl sites for hydroxylation is 1. The van der Waals surface area contributed by atoms with Crippen LogP contribution >= 0.6 is 15.9 Å². The summed E-state index contributed by atoms with van der Waals surface area (Å²) in [7, 11) is -0.741. The molecule has 1 atom stereocenters. The molecule has 2 nitrogen and oxygen atoms in total. The monoisotopic (exact) mass is 314 g/mol. The summed E-state index contributed by atoms with van der Waals surface area (Å²) in [6.45, 7) is 13.0. The van der Waals surface area contributed by atoms with Gasteiger partial charge in [0.15, 0.2) is 0 Å². The molecular weight excluding hydrogens is 294 g/mol. The zero-order valence-corrected chi connectivity index (χ0v) is 14.1. The lowest BCUT2D eigenvalue weighted by Crippen LogP contribution is -2.27. The van der Waals surface area contributed by atoms with Gasteiger partial charge in [-0.05, 0) is 53.0 Å². The maximum atomic E-state index is 6.15. The van der Waals surface area contributed by atoms with E-state index >= 15 is 0 Å². The molecule has 1 heterocycles. The van der Waals surface area contributed by atoms with Crippen molar-refractivity contribution in [1.82, 2.24) is 4.98 Å². The van der Waals surface area contributed by atoms with Crippen LogP contribution in [0.5, 0.6) is 0 Å². The summed E-state index contributed by atoms with van der Waals surface area (Å²) < 4.78 is 7.16. The topological polar surface area (TPSA) is 22.1 Å². The lowest BCUT2D eigenvalue weighted by molar-refractivity contribution is 0.0821. The summed E-state index contributed by atoms with van der Waals surface area (Å²) in [5.41, 5.74) is 2.31. The molecule has 4 heteroatoms. The summed E-state index contributed by atoms with van der Waals surface area (Å²) in [5, 5.41) is 0. The van der Waals surface area contributed by atoms with Crippen molar-refractivity contribution in [2.45, 2.75) is 46.9 Å². The number of hydrogen-bond acceptors (Lipinski definition) is 2. The second-order valence-electron chi connectivity index (χ2n) is 5.63. The molecule has 0 aliphatic rings. The molecular formula is C13H21BrNOSi. The molecule has 1 unspecified atom stereocenters. The quantitative estimate of drug-likeness (QED) is 0.766. The van der Waals surface area contributed by atoms with Crippen molar-refractivity contribution in [2.24, 2.45) is 5.41 Å². The molecule has 0 N–H and O–H groups in total. The average molecular weight is 315 g/mol. The zero-order valence-electron chi connectivity index (χ0n) is 11.5. The Bertz CT molecular complexity index is 387. The Morgan fingerprint density at radius 3 is 2.35 bits per heavy atom. The molecule has 95 valence electrons. The molecule has 0 bridgehead atoms. The van der Waals surface area contributed by atoms with Crippen molar-refractivity contribution in [3.8, 4) is 0 Å². The highest BCUT2D eigenvalue weighted by Gasteiger charge is 2.30. The van der Waals surface area contributed by atoms with E-state index in [0.717, 1.165) is 10.2 Å². The highest BCUT2D eigenvalue weighted by Crippen LogP contribution is 2.37. The third-order valence-corrected chi connectivity index (χ3v) is 3.61. The van der Waals surface area contributed by atoms with Crippen LogP contribution in [-0.4, -0.2) is 14.0 Å².